The van der Waals surface area contributed by atoms with Gasteiger partial charge in [-0.05, 0) is 36.4 Å². The van der Waals surface area contributed by atoms with E-state index in [4.69, 9.17) is 11.0 Å². The number of hydrogen-bond donors (Lipinski definition) is 2. The number of nitrogens with two attached hydrogens (primary N) is 1. The Labute approximate surface area is 116 Å². The number of benzene rings is 2. The largest absolute Gasteiger partial charge is 0.397 e. The van der Waals surface area contributed by atoms with Crippen LogP contribution in [-0.2, 0) is 0 Å². The van der Waals surface area contributed by atoms with Crippen molar-refractivity contribution in [1.29, 1.82) is 5.26 Å². The van der Waals surface area contributed by atoms with Gasteiger partial charge in [0, 0.05) is 17.3 Å². The van der Waals surface area contributed by atoms with Gasteiger partial charge in [0.1, 0.15) is 6.07 Å². The van der Waals surface area contributed by atoms with Gasteiger partial charge in [0.2, 0.25) is 0 Å². The fourth-order valence-corrected chi connectivity index (χ4v) is 2.14. The first-order valence-electron chi connectivity index (χ1n) is 6.19. The van der Waals surface area contributed by atoms with E-state index in [-0.39, 0.29) is 0 Å². The summed E-state index contributed by atoms with van der Waals surface area (Å²) in [5.74, 6) is 0. The summed E-state index contributed by atoms with van der Waals surface area (Å²) >= 11 is 0. The minimum Gasteiger partial charge on any atom is -0.397 e. The molecule has 0 spiro atoms. The fraction of sp³-hybridized carbons (Fsp3) is 0. The van der Waals surface area contributed by atoms with E-state index in [1.807, 2.05) is 42.5 Å². The van der Waals surface area contributed by atoms with Crippen molar-refractivity contribution in [3.8, 4) is 6.07 Å². The molecular formula is C16H12N4. The minimum absolute atomic E-state index is 0.598. The third kappa shape index (κ3) is 2.02. The van der Waals surface area contributed by atoms with Crippen molar-refractivity contribution >= 4 is 28.0 Å². The summed E-state index contributed by atoms with van der Waals surface area (Å²) in [6, 6.07) is 17.1. The van der Waals surface area contributed by atoms with Crippen molar-refractivity contribution in [3.63, 3.8) is 0 Å². The molecule has 4 nitrogen and oxygen atoms in total. The second-order valence-corrected chi connectivity index (χ2v) is 4.38. The van der Waals surface area contributed by atoms with E-state index in [1.54, 1.807) is 12.3 Å². The van der Waals surface area contributed by atoms with E-state index in [9.17, 15) is 0 Å². The van der Waals surface area contributed by atoms with Gasteiger partial charge in [-0.2, -0.15) is 5.26 Å². The average Bonchev–Trinajstić information content (AvgIpc) is 2.51. The van der Waals surface area contributed by atoms with Crippen LogP contribution in [0.5, 0.6) is 0 Å². The summed E-state index contributed by atoms with van der Waals surface area (Å²) in [4.78, 5) is 4.30. The van der Waals surface area contributed by atoms with Crippen LogP contribution in [-0.4, -0.2) is 4.98 Å². The average molecular weight is 260 g/mol. The zero-order chi connectivity index (χ0) is 13.9. The molecular weight excluding hydrogens is 248 g/mol. The van der Waals surface area contributed by atoms with Gasteiger partial charge in [-0.3, -0.25) is 4.98 Å². The predicted molar refractivity (Wildman–Crippen MR) is 80.6 cm³/mol. The van der Waals surface area contributed by atoms with Crippen LogP contribution in [0.4, 0.5) is 17.1 Å². The van der Waals surface area contributed by atoms with Crippen molar-refractivity contribution in [2.45, 2.75) is 0 Å². The number of nitrogens with one attached hydrogen (secondary N) is 1. The van der Waals surface area contributed by atoms with Crippen molar-refractivity contribution in [3.05, 3.63) is 60.3 Å². The van der Waals surface area contributed by atoms with Crippen LogP contribution in [0, 0.1) is 11.3 Å². The number of fused-ring (bicyclic) bond motifs is 1. The summed E-state index contributed by atoms with van der Waals surface area (Å²) in [6.07, 6.45) is 1.71. The molecule has 0 saturated heterocycles. The highest BCUT2D eigenvalue weighted by Crippen LogP contribution is 2.29. The first-order chi connectivity index (χ1) is 9.79. The van der Waals surface area contributed by atoms with Crippen molar-refractivity contribution in [1.82, 2.24) is 4.98 Å². The maximum Gasteiger partial charge on any atom is 0.101 e. The minimum atomic E-state index is 0.598. The number of para-hydroxylation sites is 1. The number of rotatable bonds is 2. The third-order valence-corrected chi connectivity index (χ3v) is 3.12. The predicted octanol–water partition coefficient (Wildman–Crippen LogP) is 3.43. The number of aromatic nitrogens is 1. The van der Waals surface area contributed by atoms with Gasteiger partial charge in [0.05, 0.1) is 22.5 Å². The fourth-order valence-electron chi connectivity index (χ4n) is 2.14. The van der Waals surface area contributed by atoms with Crippen LogP contribution in [0.15, 0.2) is 54.7 Å². The van der Waals surface area contributed by atoms with Crippen LogP contribution in [0.1, 0.15) is 5.56 Å². The molecule has 2 aromatic carbocycles. The number of nitrogens with zero attached hydrogens (tertiary/aromatic N) is 2. The molecule has 3 N–H and O–H groups in total. The SMILES string of the molecule is N#Cc1ccccc1Nc1ccc(N)c2ncccc12. The summed E-state index contributed by atoms with van der Waals surface area (Å²) in [7, 11) is 0. The maximum atomic E-state index is 9.13. The Balaban J connectivity index is 2.12. The molecule has 20 heavy (non-hydrogen) atoms. The zero-order valence-electron chi connectivity index (χ0n) is 10.7. The Morgan fingerprint density at radius 1 is 1.00 bits per heavy atom. The maximum absolute atomic E-state index is 9.13. The van der Waals surface area contributed by atoms with E-state index >= 15 is 0 Å². The van der Waals surface area contributed by atoms with Crippen LogP contribution in [0.25, 0.3) is 10.9 Å². The van der Waals surface area contributed by atoms with E-state index in [2.05, 4.69) is 16.4 Å². The molecule has 3 aromatic rings. The zero-order valence-corrected chi connectivity index (χ0v) is 10.7. The summed E-state index contributed by atoms with van der Waals surface area (Å²) in [6.45, 7) is 0. The van der Waals surface area contributed by atoms with E-state index in [0.717, 1.165) is 22.3 Å². The number of hydrogen-bond acceptors (Lipinski definition) is 4. The highest BCUT2D eigenvalue weighted by Gasteiger charge is 2.07. The smallest absolute Gasteiger partial charge is 0.101 e. The lowest BCUT2D eigenvalue weighted by molar-refractivity contribution is 1.41. The summed E-state index contributed by atoms with van der Waals surface area (Å²) in [5.41, 5.74) is 9.57. The first-order valence-corrected chi connectivity index (χ1v) is 6.19. The molecule has 0 atom stereocenters. The quantitative estimate of drug-likeness (QED) is 0.692. The molecule has 0 fully saturated rings. The normalized spacial score (nSPS) is 10.2. The molecule has 0 saturated carbocycles. The number of nitrogen functional groups attached to an aromatic ring is 1. The Hall–Kier alpha value is -3.06. The standard InChI is InChI=1S/C16H12N4/c17-10-11-4-1-2-6-14(11)20-15-8-7-13(18)16-12(15)5-3-9-19-16/h1-9,20H,18H2. The molecule has 0 unspecified atom stereocenters. The Bertz CT molecular complexity index is 818. The second-order valence-electron chi connectivity index (χ2n) is 4.38. The van der Waals surface area contributed by atoms with E-state index in [1.165, 1.54) is 0 Å². The van der Waals surface area contributed by atoms with Gasteiger partial charge in [-0.1, -0.05) is 12.1 Å². The Kier molecular flexibility index (Phi) is 2.94. The molecule has 96 valence electrons. The molecule has 4 heteroatoms. The molecule has 1 heterocycles. The third-order valence-electron chi connectivity index (χ3n) is 3.12. The number of anilines is 3. The van der Waals surface area contributed by atoms with Crippen molar-refractivity contribution < 1.29 is 0 Å². The lowest BCUT2D eigenvalue weighted by Gasteiger charge is -2.11. The van der Waals surface area contributed by atoms with E-state index < -0.39 is 0 Å². The molecule has 1 aromatic heterocycles. The van der Waals surface area contributed by atoms with Gasteiger partial charge < -0.3 is 11.1 Å². The molecule has 0 aliphatic heterocycles. The number of pyridine rings is 1. The second kappa shape index (κ2) is 4.90. The van der Waals surface area contributed by atoms with Gasteiger partial charge in [0.25, 0.3) is 0 Å². The molecule has 0 bridgehead atoms. The molecule has 0 radical (unpaired) electrons. The Morgan fingerprint density at radius 2 is 1.85 bits per heavy atom. The molecule has 0 aliphatic rings. The topological polar surface area (TPSA) is 74.7 Å². The van der Waals surface area contributed by atoms with Crippen LogP contribution >= 0.6 is 0 Å². The van der Waals surface area contributed by atoms with Crippen molar-refractivity contribution in [2.75, 3.05) is 11.1 Å². The number of nitriles is 1. The van der Waals surface area contributed by atoms with Gasteiger partial charge in [0.15, 0.2) is 0 Å². The summed E-state index contributed by atoms with van der Waals surface area (Å²) < 4.78 is 0. The highest BCUT2D eigenvalue weighted by atomic mass is 14.9. The highest BCUT2D eigenvalue weighted by molar-refractivity contribution is 5.99. The lowest BCUT2D eigenvalue weighted by atomic mass is 10.1. The first kappa shape index (κ1) is 12.0. The molecule has 3 rings (SSSR count). The lowest BCUT2D eigenvalue weighted by Crippen LogP contribution is -1.97. The van der Waals surface area contributed by atoms with E-state index in [0.29, 0.717) is 11.3 Å². The molecule has 0 aliphatic carbocycles. The molecule has 0 amide bonds. The van der Waals surface area contributed by atoms with Gasteiger partial charge in [-0.15, -0.1) is 0 Å². The van der Waals surface area contributed by atoms with Gasteiger partial charge in [-0.25, -0.2) is 0 Å². The van der Waals surface area contributed by atoms with Gasteiger partial charge >= 0.3 is 0 Å². The van der Waals surface area contributed by atoms with Crippen LogP contribution in [0.3, 0.4) is 0 Å². The van der Waals surface area contributed by atoms with Crippen LogP contribution in [0.2, 0.25) is 0 Å². The Morgan fingerprint density at radius 3 is 2.70 bits per heavy atom. The van der Waals surface area contributed by atoms with Crippen LogP contribution < -0.4 is 11.1 Å². The summed E-state index contributed by atoms with van der Waals surface area (Å²) in [5, 5.41) is 13.3. The monoisotopic (exact) mass is 260 g/mol. The van der Waals surface area contributed by atoms with Crippen molar-refractivity contribution in [2.24, 2.45) is 0 Å².